The molecule has 1 atom stereocenters. The number of nitrogens with zero attached hydrogens (tertiary/aromatic N) is 2. The van der Waals surface area contributed by atoms with Crippen molar-refractivity contribution < 1.29 is 18.9 Å². The minimum Gasteiger partial charge on any atom is -0.478 e. The summed E-state index contributed by atoms with van der Waals surface area (Å²) in [5.74, 6) is 4.88. The predicted molar refractivity (Wildman–Crippen MR) is 116 cm³/mol. The first-order valence-corrected chi connectivity index (χ1v) is 10.8. The van der Waals surface area contributed by atoms with E-state index >= 15 is 0 Å². The Bertz CT molecular complexity index is 1230. The number of carbonyl (C=O) groups is 2. The van der Waals surface area contributed by atoms with Crippen molar-refractivity contribution in [2.75, 3.05) is 0 Å². The lowest BCUT2D eigenvalue weighted by molar-refractivity contribution is 0.0695. The molecule has 0 saturated heterocycles. The second kappa shape index (κ2) is 8.94. The molecule has 1 N–H and O–H groups in total. The first-order chi connectivity index (χ1) is 15.0. The summed E-state index contributed by atoms with van der Waals surface area (Å²) in [5.41, 5.74) is 3.78. The highest BCUT2D eigenvalue weighted by atomic mass is 32.2. The van der Waals surface area contributed by atoms with Gasteiger partial charge in [-0.25, -0.2) is 14.0 Å². The second-order valence-electron chi connectivity index (χ2n) is 6.99. The third kappa shape index (κ3) is 4.71. The quantitative estimate of drug-likeness (QED) is 0.645. The van der Waals surface area contributed by atoms with E-state index in [9.17, 15) is 13.8 Å². The highest BCUT2D eigenvalue weighted by Gasteiger charge is 2.28. The Labute approximate surface area is 182 Å². The van der Waals surface area contributed by atoms with Crippen LogP contribution in [0.1, 0.15) is 43.1 Å². The summed E-state index contributed by atoms with van der Waals surface area (Å²) >= 11 is 0. The van der Waals surface area contributed by atoms with Crippen LogP contribution in [0.2, 0.25) is 0 Å². The van der Waals surface area contributed by atoms with Gasteiger partial charge in [0.1, 0.15) is 16.7 Å². The highest BCUT2D eigenvalue weighted by Crippen LogP contribution is 2.24. The van der Waals surface area contributed by atoms with E-state index in [-0.39, 0.29) is 17.9 Å². The predicted octanol–water partition coefficient (Wildman–Crippen LogP) is 3.19. The van der Waals surface area contributed by atoms with Crippen molar-refractivity contribution in [3.63, 3.8) is 0 Å². The van der Waals surface area contributed by atoms with Crippen molar-refractivity contribution in [3.05, 3.63) is 100 Å². The lowest BCUT2D eigenvalue weighted by atomic mass is 10.1. The number of aromatic carboxylic acids is 1. The maximum Gasteiger partial charge on any atom is 0.335 e. The van der Waals surface area contributed by atoms with E-state index in [1.54, 1.807) is 6.20 Å². The first kappa shape index (κ1) is 20.5. The van der Waals surface area contributed by atoms with Crippen LogP contribution in [0.25, 0.3) is 0 Å². The first-order valence-electron chi connectivity index (χ1n) is 9.55. The minimum atomic E-state index is -1.53. The monoisotopic (exact) mass is 430 g/mol. The lowest BCUT2D eigenvalue weighted by Gasteiger charge is -2.27. The van der Waals surface area contributed by atoms with E-state index in [2.05, 4.69) is 16.8 Å². The minimum absolute atomic E-state index is 0.0893. The number of hydrogen-bond donors (Lipinski definition) is 1. The standard InChI is InChI=1S/C24H18N2O4S/c27-23(18-9-11-19(12-10-18)24(28)29)26-15-20-13-22(25-14-21(20)16-31(26)30)8-4-7-17-5-2-1-3-6-17/h1-3,5-6,9-14H,7,15-16H2,(H,28,29). The van der Waals surface area contributed by atoms with E-state index in [1.165, 1.54) is 28.6 Å². The van der Waals surface area contributed by atoms with Crippen LogP contribution in [0.3, 0.4) is 0 Å². The molecule has 0 aliphatic carbocycles. The van der Waals surface area contributed by atoms with Crippen molar-refractivity contribution in [2.45, 2.75) is 18.7 Å². The van der Waals surface area contributed by atoms with Gasteiger partial charge in [0.2, 0.25) is 0 Å². The summed E-state index contributed by atoms with van der Waals surface area (Å²) in [6, 6.07) is 17.3. The van der Waals surface area contributed by atoms with Crippen molar-refractivity contribution in [2.24, 2.45) is 0 Å². The molecule has 1 aliphatic rings. The van der Waals surface area contributed by atoms with Gasteiger partial charge in [0, 0.05) is 18.2 Å². The van der Waals surface area contributed by atoms with E-state index in [4.69, 9.17) is 5.11 Å². The molecule has 1 unspecified atom stereocenters. The SMILES string of the molecule is O=C(O)c1ccc(C(=O)N2Cc3cc(C#CCc4ccccc4)ncc3CS2=O)cc1. The van der Waals surface area contributed by atoms with E-state index < -0.39 is 22.9 Å². The van der Waals surface area contributed by atoms with Crippen molar-refractivity contribution in [3.8, 4) is 11.8 Å². The number of carboxylic acids is 1. The molecule has 0 radical (unpaired) electrons. The number of rotatable bonds is 3. The maximum atomic E-state index is 12.9. The van der Waals surface area contributed by atoms with Gasteiger partial charge in [0.05, 0.1) is 17.9 Å². The summed E-state index contributed by atoms with van der Waals surface area (Å²) in [6.07, 6.45) is 2.28. The molecule has 0 fully saturated rings. The molecule has 3 aromatic rings. The smallest absolute Gasteiger partial charge is 0.335 e. The number of benzene rings is 2. The summed E-state index contributed by atoms with van der Waals surface area (Å²) < 4.78 is 13.9. The fourth-order valence-corrected chi connectivity index (χ4v) is 4.46. The number of fused-ring (bicyclic) bond motifs is 1. The highest BCUT2D eigenvalue weighted by molar-refractivity contribution is 7.82. The number of aromatic nitrogens is 1. The maximum absolute atomic E-state index is 12.9. The fraction of sp³-hybridized carbons (Fsp3) is 0.125. The molecule has 6 nitrogen and oxygen atoms in total. The summed E-state index contributed by atoms with van der Waals surface area (Å²) in [4.78, 5) is 28.2. The third-order valence-corrected chi connectivity index (χ3v) is 6.22. The van der Waals surface area contributed by atoms with E-state index in [0.29, 0.717) is 17.7 Å². The van der Waals surface area contributed by atoms with Gasteiger partial charge in [0.25, 0.3) is 5.91 Å². The average Bonchev–Trinajstić information content (AvgIpc) is 2.79. The van der Waals surface area contributed by atoms with Gasteiger partial charge in [-0.2, -0.15) is 0 Å². The Morgan fingerprint density at radius 3 is 2.45 bits per heavy atom. The summed E-state index contributed by atoms with van der Waals surface area (Å²) in [6.45, 7) is 0.178. The molecule has 1 aromatic heterocycles. The molecular weight excluding hydrogens is 412 g/mol. The van der Waals surface area contributed by atoms with E-state index in [1.807, 2.05) is 36.4 Å². The average molecular weight is 430 g/mol. The molecule has 1 amide bonds. The molecule has 0 spiro atoms. The summed E-state index contributed by atoms with van der Waals surface area (Å²) in [5, 5.41) is 9.01. The zero-order valence-corrected chi connectivity index (χ0v) is 17.3. The van der Waals surface area contributed by atoms with Gasteiger partial charge >= 0.3 is 5.97 Å². The molecule has 31 heavy (non-hydrogen) atoms. The molecule has 0 saturated carbocycles. The topological polar surface area (TPSA) is 87.6 Å². The van der Waals surface area contributed by atoms with Crippen LogP contribution in [0.4, 0.5) is 0 Å². The number of pyridine rings is 1. The van der Waals surface area contributed by atoms with Gasteiger partial charge in [0.15, 0.2) is 0 Å². The zero-order chi connectivity index (χ0) is 21.8. The van der Waals surface area contributed by atoms with Crippen LogP contribution in [0, 0.1) is 11.8 Å². The van der Waals surface area contributed by atoms with Crippen LogP contribution in [0.5, 0.6) is 0 Å². The van der Waals surface area contributed by atoms with Crippen LogP contribution in [0.15, 0.2) is 66.9 Å². The van der Waals surface area contributed by atoms with Gasteiger partial charge in [-0.15, -0.1) is 0 Å². The van der Waals surface area contributed by atoms with Gasteiger partial charge in [-0.3, -0.25) is 9.10 Å². The number of hydrogen-bond acceptors (Lipinski definition) is 4. The molecule has 154 valence electrons. The Hall–Kier alpha value is -3.76. The van der Waals surface area contributed by atoms with Gasteiger partial charge < -0.3 is 5.11 Å². The molecular formula is C24H18N2O4S. The molecule has 2 aromatic carbocycles. The fourth-order valence-electron chi connectivity index (χ4n) is 3.20. The van der Waals surface area contributed by atoms with E-state index in [0.717, 1.165) is 16.7 Å². The van der Waals surface area contributed by atoms with Crippen molar-refractivity contribution >= 4 is 22.9 Å². The number of carbonyl (C=O) groups excluding carboxylic acids is 1. The Morgan fingerprint density at radius 1 is 1.03 bits per heavy atom. The lowest BCUT2D eigenvalue weighted by Crippen LogP contribution is -2.36. The Balaban J connectivity index is 1.52. The van der Waals surface area contributed by atoms with Gasteiger partial charge in [-0.05, 0) is 52.9 Å². The molecule has 7 heteroatoms. The number of amides is 1. The Kier molecular flexibility index (Phi) is 5.92. The van der Waals surface area contributed by atoms with Gasteiger partial charge in [-0.1, -0.05) is 36.3 Å². The zero-order valence-electron chi connectivity index (χ0n) is 16.4. The second-order valence-corrected chi connectivity index (χ2v) is 8.36. The Morgan fingerprint density at radius 2 is 1.74 bits per heavy atom. The van der Waals surface area contributed by atoms with Crippen LogP contribution in [-0.2, 0) is 29.7 Å². The number of carboxylic acid groups (broad SMARTS) is 1. The molecule has 2 heterocycles. The molecule has 1 aliphatic heterocycles. The third-order valence-electron chi connectivity index (χ3n) is 4.88. The normalized spacial score (nSPS) is 14.8. The van der Waals surface area contributed by atoms with Crippen LogP contribution in [-0.4, -0.2) is 30.5 Å². The van der Waals surface area contributed by atoms with Crippen molar-refractivity contribution in [1.29, 1.82) is 0 Å². The van der Waals surface area contributed by atoms with Crippen LogP contribution < -0.4 is 0 Å². The van der Waals surface area contributed by atoms with Crippen molar-refractivity contribution in [1.82, 2.24) is 9.29 Å². The largest absolute Gasteiger partial charge is 0.478 e. The molecule has 0 bridgehead atoms. The summed E-state index contributed by atoms with van der Waals surface area (Å²) in [7, 11) is -1.53. The molecule has 4 rings (SSSR count). The van der Waals surface area contributed by atoms with Crippen LogP contribution >= 0.6 is 0 Å².